The second kappa shape index (κ2) is 6.75. The Balaban J connectivity index is 1.66. The van der Waals surface area contributed by atoms with Gasteiger partial charge < -0.3 is 9.88 Å². The second-order valence-electron chi connectivity index (χ2n) is 5.58. The van der Waals surface area contributed by atoms with E-state index in [0.717, 1.165) is 30.3 Å². The van der Waals surface area contributed by atoms with Crippen LogP contribution in [0.2, 0.25) is 0 Å². The van der Waals surface area contributed by atoms with Gasteiger partial charge in [-0.1, -0.05) is 17.3 Å². The molecule has 0 saturated carbocycles. The number of nitrogens with one attached hydrogen (secondary N) is 1. The van der Waals surface area contributed by atoms with E-state index in [1.165, 1.54) is 5.56 Å². The molecule has 6 heteroatoms. The van der Waals surface area contributed by atoms with Crippen LogP contribution in [0.3, 0.4) is 0 Å². The van der Waals surface area contributed by atoms with Gasteiger partial charge in [0.05, 0.1) is 11.9 Å². The summed E-state index contributed by atoms with van der Waals surface area (Å²) in [5, 5.41) is 11.5. The number of aromatic nitrogens is 5. The highest BCUT2D eigenvalue weighted by Gasteiger charge is 2.08. The molecule has 1 aromatic carbocycles. The first kappa shape index (κ1) is 15.4. The lowest BCUT2D eigenvalue weighted by atomic mass is 10.1. The maximum absolute atomic E-state index is 4.26. The SMILES string of the molecule is CCn1nncc1CNC(C)c1ccc(-n2ccnc2C)cc1. The van der Waals surface area contributed by atoms with Crippen LogP contribution in [0.15, 0.2) is 42.9 Å². The zero-order chi connectivity index (χ0) is 16.2. The molecule has 0 aliphatic rings. The van der Waals surface area contributed by atoms with Crippen molar-refractivity contribution in [3.63, 3.8) is 0 Å². The zero-order valence-electron chi connectivity index (χ0n) is 13.8. The molecule has 120 valence electrons. The van der Waals surface area contributed by atoms with Crippen LogP contribution in [-0.4, -0.2) is 24.5 Å². The fraction of sp³-hybridized carbons (Fsp3) is 0.353. The van der Waals surface area contributed by atoms with Crippen LogP contribution in [0.25, 0.3) is 5.69 Å². The fourth-order valence-electron chi connectivity index (χ4n) is 2.63. The number of hydrogen-bond acceptors (Lipinski definition) is 4. The molecular weight excluding hydrogens is 288 g/mol. The van der Waals surface area contributed by atoms with Gasteiger partial charge in [-0.2, -0.15) is 0 Å². The number of rotatable bonds is 6. The highest BCUT2D eigenvalue weighted by Crippen LogP contribution is 2.17. The summed E-state index contributed by atoms with van der Waals surface area (Å²) in [4.78, 5) is 4.26. The van der Waals surface area contributed by atoms with Crippen molar-refractivity contribution in [2.45, 2.75) is 39.9 Å². The minimum atomic E-state index is 0.258. The summed E-state index contributed by atoms with van der Waals surface area (Å²) < 4.78 is 3.98. The van der Waals surface area contributed by atoms with Gasteiger partial charge in [0, 0.05) is 37.2 Å². The Morgan fingerprint density at radius 1 is 1.22 bits per heavy atom. The van der Waals surface area contributed by atoms with Crippen molar-refractivity contribution < 1.29 is 0 Å². The lowest BCUT2D eigenvalue weighted by Crippen LogP contribution is -2.20. The Bertz CT molecular complexity index is 755. The van der Waals surface area contributed by atoms with E-state index >= 15 is 0 Å². The Kier molecular flexibility index (Phi) is 4.52. The van der Waals surface area contributed by atoms with Crippen molar-refractivity contribution in [2.75, 3.05) is 0 Å². The average Bonchev–Trinajstić information content (AvgIpc) is 3.21. The molecule has 1 N–H and O–H groups in total. The van der Waals surface area contributed by atoms with Crippen molar-refractivity contribution >= 4 is 0 Å². The third kappa shape index (κ3) is 3.32. The summed E-state index contributed by atoms with van der Waals surface area (Å²) in [6.07, 6.45) is 5.61. The lowest BCUT2D eigenvalue weighted by Gasteiger charge is -2.15. The molecule has 0 spiro atoms. The average molecular weight is 310 g/mol. The van der Waals surface area contributed by atoms with Crippen molar-refractivity contribution in [1.29, 1.82) is 0 Å². The second-order valence-corrected chi connectivity index (χ2v) is 5.58. The maximum atomic E-state index is 4.26. The first-order chi connectivity index (χ1) is 11.2. The van der Waals surface area contributed by atoms with Crippen molar-refractivity contribution in [3.05, 3.63) is 59.9 Å². The van der Waals surface area contributed by atoms with Crippen LogP contribution in [0.1, 0.15) is 37.0 Å². The molecule has 0 fully saturated rings. The number of hydrogen-bond donors (Lipinski definition) is 1. The summed E-state index contributed by atoms with van der Waals surface area (Å²) in [6, 6.07) is 8.82. The number of benzene rings is 1. The zero-order valence-corrected chi connectivity index (χ0v) is 13.8. The fourth-order valence-corrected chi connectivity index (χ4v) is 2.63. The number of aryl methyl sites for hydroxylation is 2. The molecule has 0 radical (unpaired) electrons. The molecule has 2 heterocycles. The molecule has 1 atom stereocenters. The van der Waals surface area contributed by atoms with Gasteiger partial charge >= 0.3 is 0 Å². The summed E-state index contributed by atoms with van der Waals surface area (Å²) in [5.74, 6) is 0.990. The van der Waals surface area contributed by atoms with E-state index in [4.69, 9.17) is 0 Å². The first-order valence-electron chi connectivity index (χ1n) is 7.90. The molecule has 23 heavy (non-hydrogen) atoms. The molecule has 0 amide bonds. The van der Waals surface area contributed by atoms with Gasteiger partial charge in [-0.3, -0.25) is 0 Å². The molecule has 0 aliphatic carbocycles. The Morgan fingerprint density at radius 3 is 2.65 bits per heavy atom. The maximum Gasteiger partial charge on any atom is 0.110 e. The van der Waals surface area contributed by atoms with Crippen LogP contribution in [-0.2, 0) is 13.1 Å². The molecular formula is C17H22N6. The third-order valence-electron chi connectivity index (χ3n) is 4.08. The molecule has 3 rings (SSSR count). The van der Waals surface area contributed by atoms with Gasteiger partial charge in [0.15, 0.2) is 0 Å². The normalized spacial score (nSPS) is 12.5. The summed E-state index contributed by atoms with van der Waals surface area (Å²) in [6.45, 7) is 7.83. The van der Waals surface area contributed by atoms with Crippen LogP contribution >= 0.6 is 0 Å². The van der Waals surface area contributed by atoms with E-state index in [1.807, 2.05) is 30.2 Å². The van der Waals surface area contributed by atoms with Crippen molar-refractivity contribution in [2.24, 2.45) is 0 Å². The van der Waals surface area contributed by atoms with Gasteiger partial charge in [0.1, 0.15) is 5.82 Å². The van der Waals surface area contributed by atoms with Crippen molar-refractivity contribution in [3.8, 4) is 5.69 Å². The largest absolute Gasteiger partial charge is 0.305 e. The minimum absolute atomic E-state index is 0.258. The highest BCUT2D eigenvalue weighted by atomic mass is 15.4. The summed E-state index contributed by atoms with van der Waals surface area (Å²) >= 11 is 0. The predicted octanol–water partition coefficient (Wildman–Crippen LogP) is 2.64. The third-order valence-corrected chi connectivity index (χ3v) is 4.08. The molecule has 0 saturated heterocycles. The predicted molar refractivity (Wildman–Crippen MR) is 89.3 cm³/mol. The van der Waals surface area contributed by atoms with E-state index in [1.54, 1.807) is 0 Å². The quantitative estimate of drug-likeness (QED) is 0.760. The molecule has 6 nitrogen and oxygen atoms in total. The van der Waals surface area contributed by atoms with E-state index in [9.17, 15) is 0 Å². The van der Waals surface area contributed by atoms with Crippen LogP contribution in [0, 0.1) is 6.92 Å². The molecule has 2 aromatic heterocycles. The van der Waals surface area contributed by atoms with E-state index < -0.39 is 0 Å². The van der Waals surface area contributed by atoms with Gasteiger partial charge in [0.25, 0.3) is 0 Å². The first-order valence-corrected chi connectivity index (χ1v) is 7.90. The molecule has 0 bridgehead atoms. The highest BCUT2D eigenvalue weighted by molar-refractivity contribution is 5.36. The monoisotopic (exact) mass is 310 g/mol. The van der Waals surface area contributed by atoms with Crippen LogP contribution in [0.4, 0.5) is 0 Å². The lowest BCUT2D eigenvalue weighted by molar-refractivity contribution is 0.527. The number of nitrogens with zero attached hydrogens (tertiary/aromatic N) is 5. The number of imidazole rings is 1. The Labute approximate surface area is 136 Å². The molecule has 1 unspecified atom stereocenters. The smallest absolute Gasteiger partial charge is 0.110 e. The van der Waals surface area contributed by atoms with Gasteiger partial charge in [-0.15, -0.1) is 5.10 Å². The molecule has 3 aromatic rings. The summed E-state index contributed by atoms with van der Waals surface area (Å²) in [7, 11) is 0. The Morgan fingerprint density at radius 2 is 2.00 bits per heavy atom. The van der Waals surface area contributed by atoms with E-state index in [2.05, 4.69) is 63.3 Å². The molecule has 0 aliphatic heterocycles. The summed E-state index contributed by atoms with van der Waals surface area (Å²) in [5.41, 5.74) is 3.48. The van der Waals surface area contributed by atoms with Gasteiger partial charge in [-0.05, 0) is 38.5 Å². The van der Waals surface area contributed by atoms with E-state index in [-0.39, 0.29) is 6.04 Å². The van der Waals surface area contributed by atoms with Gasteiger partial charge in [-0.25, -0.2) is 9.67 Å². The van der Waals surface area contributed by atoms with Gasteiger partial charge in [0.2, 0.25) is 0 Å². The van der Waals surface area contributed by atoms with Crippen LogP contribution in [0.5, 0.6) is 0 Å². The minimum Gasteiger partial charge on any atom is -0.305 e. The standard InChI is InChI=1S/C17H22N6/c1-4-23-17(12-20-21-23)11-19-13(2)15-5-7-16(8-6-15)22-10-9-18-14(22)3/h5-10,12-13,19H,4,11H2,1-3H3. The Hall–Kier alpha value is -2.47. The topological polar surface area (TPSA) is 60.6 Å². The van der Waals surface area contributed by atoms with Crippen LogP contribution < -0.4 is 5.32 Å². The van der Waals surface area contributed by atoms with Crippen molar-refractivity contribution in [1.82, 2.24) is 29.9 Å². The van der Waals surface area contributed by atoms with E-state index in [0.29, 0.717) is 0 Å².